The van der Waals surface area contributed by atoms with Gasteiger partial charge < -0.3 is 14.8 Å². The second kappa shape index (κ2) is 6.02. The molecule has 110 valence electrons. The van der Waals surface area contributed by atoms with Crippen molar-refractivity contribution in [3.05, 3.63) is 40.6 Å². The van der Waals surface area contributed by atoms with Crippen LogP contribution in [0.15, 0.2) is 30.5 Å². The first kappa shape index (κ1) is 13.7. The van der Waals surface area contributed by atoms with Gasteiger partial charge in [0, 0.05) is 11.9 Å². The van der Waals surface area contributed by atoms with Crippen LogP contribution in [0.1, 0.15) is 0 Å². The van der Waals surface area contributed by atoms with Gasteiger partial charge in [-0.25, -0.2) is 4.98 Å². The Bertz CT molecular complexity index is 656. The second-order valence-corrected chi connectivity index (χ2v) is 4.74. The fraction of sp³-hybridized carbons (Fsp3) is 0.357. The van der Waals surface area contributed by atoms with E-state index >= 15 is 0 Å². The van der Waals surface area contributed by atoms with Gasteiger partial charge in [0.2, 0.25) is 0 Å². The number of benzene rings is 1. The molecule has 0 saturated carbocycles. The van der Waals surface area contributed by atoms with E-state index in [9.17, 15) is 10.1 Å². The van der Waals surface area contributed by atoms with Crippen LogP contribution in [0, 0.1) is 10.1 Å². The number of para-hydroxylation sites is 1. The standard InChI is InChI=1S/C14H15N3O4/c18-17(19)13-8-15-12-4-2-1-3-11(12)14(13)16-7-10-9-20-5-6-21-10/h1-4,8,10H,5-7,9H2,(H,15,16). The third kappa shape index (κ3) is 2.93. The number of hydrogen-bond donors (Lipinski definition) is 1. The van der Waals surface area contributed by atoms with Gasteiger partial charge in [0.05, 0.1) is 36.4 Å². The van der Waals surface area contributed by atoms with E-state index in [0.29, 0.717) is 37.6 Å². The average Bonchev–Trinajstić information content (AvgIpc) is 2.53. The van der Waals surface area contributed by atoms with Gasteiger partial charge in [-0.05, 0) is 6.07 Å². The van der Waals surface area contributed by atoms with Gasteiger partial charge in [0.1, 0.15) is 11.9 Å². The predicted molar refractivity (Wildman–Crippen MR) is 77.4 cm³/mol. The first-order chi connectivity index (χ1) is 10.3. The smallest absolute Gasteiger partial charge is 0.311 e. The highest BCUT2D eigenvalue weighted by Crippen LogP contribution is 2.31. The lowest BCUT2D eigenvalue weighted by molar-refractivity contribution is -0.384. The molecule has 7 heteroatoms. The van der Waals surface area contributed by atoms with Crippen molar-refractivity contribution in [2.75, 3.05) is 31.7 Å². The van der Waals surface area contributed by atoms with E-state index in [0.717, 1.165) is 5.39 Å². The van der Waals surface area contributed by atoms with Crippen LogP contribution < -0.4 is 5.32 Å². The van der Waals surface area contributed by atoms with Crippen molar-refractivity contribution < 1.29 is 14.4 Å². The summed E-state index contributed by atoms with van der Waals surface area (Å²) in [6.07, 6.45) is 1.17. The zero-order chi connectivity index (χ0) is 14.7. The molecule has 2 heterocycles. The quantitative estimate of drug-likeness (QED) is 0.684. The van der Waals surface area contributed by atoms with Crippen LogP contribution in [-0.4, -0.2) is 42.4 Å². The van der Waals surface area contributed by atoms with E-state index in [-0.39, 0.29) is 11.8 Å². The van der Waals surface area contributed by atoms with Crippen molar-refractivity contribution in [3.63, 3.8) is 0 Å². The Morgan fingerprint density at radius 1 is 1.38 bits per heavy atom. The Morgan fingerprint density at radius 3 is 3.00 bits per heavy atom. The summed E-state index contributed by atoms with van der Waals surface area (Å²) in [5.41, 5.74) is 1.15. The fourth-order valence-corrected chi connectivity index (χ4v) is 2.33. The maximum absolute atomic E-state index is 11.2. The fourth-order valence-electron chi connectivity index (χ4n) is 2.33. The Balaban J connectivity index is 1.90. The van der Waals surface area contributed by atoms with Crippen LogP contribution in [0.5, 0.6) is 0 Å². The number of fused-ring (bicyclic) bond motifs is 1. The van der Waals surface area contributed by atoms with Gasteiger partial charge in [0.15, 0.2) is 0 Å². The number of nitrogens with zero attached hydrogens (tertiary/aromatic N) is 2. The highest BCUT2D eigenvalue weighted by atomic mass is 16.6. The van der Waals surface area contributed by atoms with E-state index in [1.54, 1.807) is 0 Å². The summed E-state index contributed by atoms with van der Waals surface area (Å²) in [6.45, 7) is 2.08. The number of ether oxygens (including phenoxy) is 2. The molecule has 3 rings (SSSR count). The van der Waals surface area contributed by atoms with E-state index in [2.05, 4.69) is 10.3 Å². The summed E-state index contributed by atoms with van der Waals surface area (Å²) in [5.74, 6) is 0. The molecule has 1 aromatic carbocycles. The Kier molecular flexibility index (Phi) is 3.94. The summed E-state index contributed by atoms with van der Waals surface area (Å²) in [5, 5.41) is 15.0. The maximum atomic E-state index is 11.2. The van der Waals surface area contributed by atoms with Gasteiger partial charge >= 0.3 is 5.69 Å². The van der Waals surface area contributed by atoms with Gasteiger partial charge in [-0.15, -0.1) is 0 Å². The SMILES string of the molecule is O=[N+]([O-])c1cnc2ccccc2c1NCC1COCCO1. The van der Waals surface area contributed by atoms with Gasteiger partial charge in [0.25, 0.3) is 0 Å². The molecule has 1 aliphatic heterocycles. The molecule has 1 N–H and O–H groups in total. The van der Waals surface area contributed by atoms with E-state index in [1.807, 2.05) is 24.3 Å². The minimum absolute atomic E-state index is 0.0366. The molecule has 0 amide bonds. The van der Waals surface area contributed by atoms with Gasteiger partial charge in [-0.3, -0.25) is 10.1 Å². The van der Waals surface area contributed by atoms with Crippen molar-refractivity contribution in [2.24, 2.45) is 0 Å². The third-order valence-electron chi connectivity index (χ3n) is 3.34. The van der Waals surface area contributed by atoms with Crippen molar-refractivity contribution in [3.8, 4) is 0 Å². The molecule has 1 aromatic heterocycles. The zero-order valence-corrected chi connectivity index (χ0v) is 11.3. The van der Waals surface area contributed by atoms with Crippen molar-refractivity contribution in [1.29, 1.82) is 0 Å². The highest BCUT2D eigenvalue weighted by Gasteiger charge is 2.20. The molecule has 0 aliphatic carbocycles. The second-order valence-electron chi connectivity index (χ2n) is 4.74. The molecule has 1 atom stereocenters. The molecule has 21 heavy (non-hydrogen) atoms. The minimum atomic E-state index is -0.431. The topological polar surface area (TPSA) is 86.5 Å². The van der Waals surface area contributed by atoms with Crippen molar-refractivity contribution in [1.82, 2.24) is 4.98 Å². The molecule has 0 radical (unpaired) electrons. The van der Waals surface area contributed by atoms with Crippen LogP contribution in [0.3, 0.4) is 0 Å². The van der Waals surface area contributed by atoms with E-state index in [1.165, 1.54) is 6.20 Å². The first-order valence-electron chi connectivity index (χ1n) is 6.71. The Hall–Kier alpha value is -2.25. The molecule has 0 bridgehead atoms. The van der Waals surface area contributed by atoms with E-state index < -0.39 is 4.92 Å². The van der Waals surface area contributed by atoms with Gasteiger partial charge in [-0.2, -0.15) is 0 Å². The molecule has 1 aliphatic rings. The molecular weight excluding hydrogens is 274 g/mol. The van der Waals surface area contributed by atoms with Crippen molar-refractivity contribution in [2.45, 2.75) is 6.10 Å². The summed E-state index contributed by atoms with van der Waals surface area (Å²) in [4.78, 5) is 14.9. The molecule has 0 spiro atoms. The molecule has 1 unspecified atom stereocenters. The number of nitro groups is 1. The summed E-state index contributed by atoms with van der Waals surface area (Å²) in [7, 11) is 0. The number of anilines is 1. The monoisotopic (exact) mass is 289 g/mol. The summed E-state index contributed by atoms with van der Waals surface area (Å²) >= 11 is 0. The molecule has 1 saturated heterocycles. The van der Waals surface area contributed by atoms with Crippen molar-refractivity contribution >= 4 is 22.3 Å². The molecular formula is C14H15N3O4. The van der Waals surface area contributed by atoms with Crippen LogP contribution in [0.4, 0.5) is 11.4 Å². The van der Waals surface area contributed by atoms with E-state index in [4.69, 9.17) is 9.47 Å². The zero-order valence-electron chi connectivity index (χ0n) is 11.3. The highest BCUT2D eigenvalue weighted by molar-refractivity contribution is 5.95. The molecule has 7 nitrogen and oxygen atoms in total. The van der Waals surface area contributed by atoms with Crippen LogP contribution in [-0.2, 0) is 9.47 Å². The number of hydrogen-bond acceptors (Lipinski definition) is 6. The maximum Gasteiger partial charge on any atom is 0.311 e. The normalized spacial score (nSPS) is 18.6. The number of aromatic nitrogens is 1. The summed E-state index contributed by atoms with van der Waals surface area (Å²) in [6, 6.07) is 7.32. The average molecular weight is 289 g/mol. The largest absolute Gasteiger partial charge is 0.376 e. The Morgan fingerprint density at radius 2 is 2.24 bits per heavy atom. The minimum Gasteiger partial charge on any atom is -0.376 e. The summed E-state index contributed by atoms with van der Waals surface area (Å²) < 4.78 is 10.9. The number of rotatable bonds is 4. The molecule has 1 fully saturated rings. The third-order valence-corrected chi connectivity index (χ3v) is 3.34. The Labute approximate surface area is 121 Å². The lowest BCUT2D eigenvalue weighted by Crippen LogP contribution is -2.34. The number of nitrogens with one attached hydrogen (secondary N) is 1. The number of pyridine rings is 1. The predicted octanol–water partition coefficient (Wildman–Crippen LogP) is 1.97. The molecule has 2 aromatic rings. The first-order valence-corrected chi connectivity index (χ1v) is 6.71. The van der Waals surface area contributed by atoms with Crippen LogP contribution in [0.2, 0.25) is 0 Å². The van der Waals surface area contributed by atoms with Crippen LogP contribution in [0.25, 0.3) is 10.9 Å². The lowest BCUT2D eigenvalue weighted by Gasteiger charge is -2.23. The van der Waals surface area contributed by atoms with Crippen LogP contribution >= 0.6 is 0 Å². The lowest BCUT2D eigenvalue weighted by atomic mass is 10.1. The van der Waals surface area contributed by atoms with Gasteiger partial charge in [-0.1, -0.05) is 18.2 Å².